The molecule has 0 unspecified atom stereocenters. The van der Waals surface area contributed by atoms with Gasteiger partial charge in [0.1, 0.15) is 0 Å². The Labute approximate surface area is 108 Å². The van der Waals surface area contributed by atoms with Gasteiger partial charge in [-0.2, -0.15) is 5.10 Å². The molecular formula is C14H21N3O. The van der Waals surface area contributed by atoms with Gasteiger partial charge in [0, 0.05) is 30.9 Å². The van der Waals surface area contributed by atoms with Gasteiger partial charge in [0.15, 0.2) is 0 Å². The zero-order valence-corrected chi connectivity index (χ0v) is 11.5. The molecule has 1 heterocycles. The molecule has 0 bridgehead atoms. The number of aryl methyl sites for hydroxylation is 2. The van der Waals surface area contributed by atoms with E-state index in [2.05, 4.69) is 10.4 Å². The maximum absolute atomic E-state index is 11.6. The fourth-order valence-electron chi connectivity index (χ4n) is 1.69. The molecule has 0 aliphatic carbocycles. The number of rotatable bonds is 5. The van der Waals surface area contributed by atoms with E-state index in [4.69, 9.17) is 0 Å². The van der Waals surface area contributed by atoms with Crippen molar-refractivity contribution in [3.63, 3.8) is 0 Å². The largest absolute Gasteiger partial charge is 0.352 e. The third kappa shape index (κ3) is 3.87. The predicted octanol–water partition coefficient (Wildman–Crippen LogP) is 2.13. The molecular weight excluding hydrogens is 226 g/mol. The zero-order chi connectivity index (χ0) is 13.5. The lowest BCUT2D eigenvalue weighted by atomic mass is 10.2. The standard InChI is InChI=1S/C14H21N3O/c1-5-6-7-10-15-14(18)9-8-13-11(2)16-17(4)12(13)3/h5-6,8-9H,7,10H2,1-4H3,(H,15,18)/b6-5+,9-8+. The maximum atomic E-state index is 11.6. The number of nitrogens with zero attached hydrogens (tertiary/aromatic N) is 2. The summed E-state index contributed by atoms with van der Waals surface area (Å²) in [6, 6.07) is 0. The molecule has 1 amide bonds. The first-order valence-corrected chi connectivity index (χ1v) is 6.13. The van der Waals surface area contributed by atoms with Gasteiger partial charge in [-0.3, -0.25) is 9.48 Å². The number of nitrogens with one attached hydrogen (secondary N) is 1. The van der Waals surface area contributed by atoms with E-state index in [0.29, 0.717) is 6.54 Å². The van der Waals surface area contributed by atoms with Crippen molar-refractivity contribution in [2.45, 2.75) is 27.2 Å². The molecule has 0 radical (unpaired) electrons. The monoisotopic (exact) mass is 247 g/mol. The van der Waals surface area contributed by atoms with Gasteiger partial charge < -0.3 is 5.32 Å². The Morgan fingerprint density at radius 1 is 1.44 bits per heavy atom. The van der Waals surface area contributed by atoms with Crippen LogP contribution < -0.4 is 5.32 Å². The minimum atomic E-state index is -0.0674. The Bertz CT molecular complexity index is 470. The molecule has 4 heteroatoms. The van der Waals surface area contributed by atoms with Gasteiger partial charge >= 0.3 is 0 Å². The Morgan fingerprint density at radius 2 is 2.17 bits per heavy atom. The summed E-state index contributed by atoms with van der Waals surface area (Å²) in [6.45, 7) is 6.56. The lowest BCUT2D eigenvalue weighted by Crippen LogP contribution is -2.21. The van der Waals surface area contributed by atoms with E-state index in [1.165, 1.54) is 0 Å². The Hall–Kier alpha value is -1.84. The van der Waals surface area contributed by atoms with Gasteiger partial charge in [0.25, 0.3) is 0 Å². The lowest BCUT2D eigenvalue weighted by molar-refractivity contribution is -0.116. The van der Waals surface area contributed by atoms with Crippen LogP contribution in [0.15, 0.2) is 18.2 Å². The Balaban J connectivity index is 2.55. The normalized spacial score (nSPS) is 11.6. The summed E-state index contributed by atoms with van der Waals surface area (Å²) in [5.41, 5.74) is 3.01. The average Bonchev–Trinajstić information content (AvgIpc) is 2.57. The minimum Gasteiger partial charge on any atom is -0.352 e. The van der Waals surface area contributed by atoms with E-state index in [1.807, 2.05) is 50.7 Å². The van der Waals surface area contributed by atoms with Crippen LogP contribution in [0.1, 0.15) is 30.3 Å². The van der Waals surface area contributed by atoms with Crippen LogP contribution in [0.25, 0.3) is 6.08 Å². The number of hydrogen-bond acceptors (Lipinski definition) is 2. The highest BCUT2D eigenvalue weighted by Gasteiger charge is 2.06. The highest BCUT2D eigenvalue weighted by atomic mass is 16.1. The predicted molar refractivity (Wildman–Crippen MR) is 74.2 cm³/mol. The van der Waals surface area contributed by atoms with Crippen molar-refractivity contribution in [1.29, 1.82) is 0 Å². The third-order valence-corrected chi connectivity index (χ3v) is 2.81. The van der Waals surface area contributed by atoms with Crippen LogP contribution in [0.3, 0.4) is 0 Å². The molecule has 1 aromatic rings. The highest BCUT2D eigenvalue weighted by molar-refractivity contribution is 5.91. The zero-order valence-electron chi connectivity index (χ0n) is 11.5. The molecule has 0 aliphatic heterocycles. The topological polar surface area (TPSA) is 46.9 Å². The van der Waals surface area contributed by atoms with Crippen molar-refractivity contribution in [3.8, 4) is 0 Å². The SMILES string of the molecule is C/C=C/CCNC(=O)/C=C/c1c(C)nn(C)c1C. The molecule has 0 atom stereocenters. The van der Waals surface area contributed by atoms with Gasteiger partial charge in [0.2, 0.25) is 5.91 Å². The molecule has 0 fully saturated rings. The summed E-state index contributed by atoms with van der Waals surface area (Å²) in [5.74, 6) is -0.0674. The van der Waals surface area contributed by atoms with Crippen molar-refractivity contribution in [2.24, 2.45) is 7.05 Å². The first kappa shape index (κ1) is 14.2. The van der Waals surface area contributed by atoms with Crippen LogP contribution in [0, 0.1) is 13.8 Å². The molecule has 0 saturated carbocycles. The molecule has 0 aliphatic rings. The quantitative estimate of drug-likeness (QED) is 0.492. The molecule has 18 heavy (non-hydrogen) atoms. The van der Waals surface area contributed by atoms with Gasteiger partial charge in [-0.25, -0.2) is 0 Å². The summed E-state index contributed by atoms with van der Waals surface area (Å²) in [7, 11) is 1.90. The molecule has 98 valence electrons. The second-order valence-corrected chi connectivity index (χ2v) is 4.19. The fourth-order valence-corrected chi connectivity index (χ4v) is 1.69. The molecule has 1 aromatic heterocycles. The summed E-state index contributed by atoms with van der Waals surface area (Å²) in [4.78, 5) is 11.6. The van der Waals surface area contributed by atoms with E-state index in [-0.39, 0.29) is 5.91 Å². The minimum absolute atomic E-state index is 0.0674. The van der Waals surface area contributed by atoms with E-state index in [0.717, 1.165) is 23.4 Å². The van der Waals surface area contributed by atoms with Gasteiger partial charge in [0.05, 0.1) is 5.69 Å². The van der Waals surface area contributed by atoms with Crippen molar-refractivity contribution in [2.75, 3.05) is 6.54 Å². The lowest BCUT2D eigenvalue weighted by Gasteiger charge is -1.98. The van der Waals surface area contributed by atoms with Gasteiger partial charge in [-0.05, 0) is 33.3 Å². The van der Waals surface area contributed by atoms with Gasteiger partial charge in [-0.1, -0.05) is 12.2 Å². The van der Waals surface area contributed by atoms with E-state index in [1.54, 1.807) is 6.08 Å². The van der Waals surface area contributed by atoms with Crippen LogP contribution >= 0.6 is 0 Å². The number of amides is 1. The van der Waals surface area contributed by atoms with E-state index in [9.17, 15) is 4.79 Å². The molecule has 1 N–H and O–H groups in total. The number of aromatic nitrogens is 2. The first-order valence-electron chi connectivity index (χ1n) is 6.13. The first-order chi connectivity index (χ1) is 8.56. The van der Waals surface area contributed by atoms with Crippen molar-refractivity contribution in [3.05, 3.63) is 35.2 Å². The van der Waals surface area contributed by atoms with E-state index < -0.39 is 0 Å². The van der Waals surface area contributed by atoms with Gasteiger partial charge in [-0.15, -0.1) is 0 Å². The molecule has 4 nitrogen and oxygen atoms in total. The van der Waals surface area contributed by atoms with Crippen LogP contribution in [-0.4, -0.2) is 22.2 Å². The molecule has 0 saturated heterocycles. The Morgan fingerprint density at radius 3 is 2.72 bits per heavy atom. The summed E-state index contributed by atoms with van der Waals surface area (Å²) >= 11 is 0. The summed E-state index contributed by atoms with van der Waals surface area (Å²) in [5, 5.41) is 7.13. The van der Waals surface area contributed by atoms with Crippen molar-refractivity contribution >= 4 is 12.0 Å². The number of allylic oxidation sites excluding steroid dienone is 1. The maximum Gasteiger partial charge on any atom is 0.244 e. The second-order valence-electron chi connectivity index (χ2n) is 4.19. The van der Waals surface area contributed by atoms with Crippen molar-refractivity contribution < 1.29 is 4.79 Å². The molecule has 0 aromatic carbocycles. The third-order valence-electron chi connectivity index (χ3n) is 2.81. The van der Waals surface area contributed by atoms with Crippen LogP contribution in [0.4, 0.5) is 0 Å². The van der Waals surface area contributed by atoms with Crippen molar-refractivity contribution in [1.82, 2.24) is 15.1 Å². The Kier molecular flexibility index (Phi) is 5.36. The highest BCUT2D eigenvalue weighted by Crippen LogP contribution is 2.13. The van der Waals surface area contributed by atoms with Crippen LogP contribution in [-0.2, 0) is 11.8 Å². The fraction of sp³-hybridized carbons (Fsp3) is 0.429. The second kappa shape index (κ2) is 6.79. The summed E-state index contributed by atoms with van der Waals surface area (Å²) < 4.78 is 1.82. The van der Waals surface area contributed by atoms with E-state index >= 15 is 0 Å². The van der Waals surface area contributed by atoms with Crippen LogP contribution in [0.5, 0.6) is 0 Å². The molecule has 0 spiro atoms. The molecule has 1 rings (SSSR count). The average molecular weight is 247 g/mol. The number of carbonyl (C=O) groups is 1. The summed E-state index contributed by atoms with van der Waals surface area (Å²) in [6.07, 6.45) is 8.25. The smallest absolute Gasteiger partial charge is 0.244 e. The number of hydrogen-bond donors (Lipinski definition) is 1. The van der Waals surface area contributed by atoms with Crippen LogP contribution in [0.2, 0.25) is 0 Å². The number of carbonyl (C=O) groups excluding carboxylic acids is 1.